The van der Waals surface area contributed by atoms with Crippen molar-refractivity contribution in [2.45, 2.75) is 13.5 Å². The number of nitrogens with zero attached hydrogens (tertiary/aromatic N) is 1. The number of nitrogens with one attached hydrogen (secondary N) is 1. The van der Waals surface area contributed by atoms with E-state index in [1.165, 1.54) is 6.20 Å². The van der Waals surface area contributed by atoms with Gasteiger partial charge in [-0.1, -0.05) is 12.1 Å². The molecule has 20 heavy (non-hydrogen) atoms. The number of anilines is 1. The lowest BCUT2D eigenvalue weighted by Gasteiger charge is -2.10. The van der Waals surface area contributed by atoms with Crippen LogP contribution in [0.3, 0.4) is 0 Å². The van der Waals surface area contributed by atoms with Gasteiger partial charge in [0, 0.05) is 11.8 Å². The van der Waals surface area contributed by atoms with Gasteiger partial charge in [-0.2, -0.15) is 0 Å². The second-order valence-electron chi connectivity index (χ2n) is 4.34. The molecule has 5 heteroatoms. The van der Waals surface area contributed by atoms with E-state index in [2.05, 4.69) is 10.3 Å². The van der Waals surface area contributed by atoms with Gasteiger partial charge in [0.25, 0.3) is 5.91 Å². The Balaban J connectivity index is 1.93. The van der Waals surface area contributed by atoms with E-state index in [0.717, 1.165) is 5.56 Å². The van der Waals surface area contributed by atoms with Gasteiger partial charge in [-0.15, -0.1) is 0 Å². The smallest absolute Gasteiger partial charge is 0.262 e. The molecule has 0 unspecified atom stereocenters. The van der Waals surface area contributed by atoms with Crippen LogP contribution in [0.5, 0.6) is 5.75 Å². The maximum atomic E-state index is 11.8. The topological polar surface area (TPSA) is 71.5 Å². The highest BCUT2D eigenvalue weighted by molar-refractivity contribution is 5.92. The van der Waals surface area contributed by atoms with Crippen molar-refractivity contribution in [3.05, 3.63) is 53.9 Å². The van der Waals surface area contributed by atoms with Crippen molar-refractivity contribution in [3.8, 4) is 5.75 Å². The number of hydrogen-bond donors (Lipinski definition) is 2. The number of carbonyl (C=O) groups excluding carboxylic acids is 1. The Morgan fingerprint density at radius 3 is 3.00 bits per heavy atom. The molecular weight excluding hydrogens is 256 g/mol. The minimum Gasteiger partial charge on any atom is -0.484 e. The van der Waals surface area contributed by atoms with E-state index in [1.807, 2.05) is 25.1 Å². The summed E-state index contributed by atoms with van der Waals surface area (Å²) in [5.74, 6) is 0.350. The molecule has 2 rings (SSSR count). The van der Waals surface area contributed by atoms with Gasteiger partial charge >= 0.3 is 0 Å². The molecule has 2 aromatic rings. The van der Waals surface area contributed by atoms with E-state index < -0.39 is 0 Å². The third-order valence-electron chi connectivity index (χ3n) is 2.72. The van der Waals surface area contributed by atoms with Crippen LogP contribution in [0.25, 0.3) is 0 Å². The van der Waals surface area contributed by atoms with Crippen LogP contribution in [-0.2, 0) is 11.4 Å². The van der Waals surface area contributed by atoms with Gasteiger partial charge in [0.2, 0.25) is 0 Å². The molecule has 0 radical (unpaired) electrons. The van der Waals surface area contributed by atoms with Gasteiger partial charge < -0.3 is 15.2 Å². The molecule has 0 aliphatic heterocycles. The Labute approximate surface area is 117 Å². The van der Waals surface area contributed by atoms with Gasteiger partial charge in [0.15, 0.2) is 6.61 Å². The number of pyridine rings is 1. The molecule has 5 nitrogen and oxygen atoms in total. The van der Waals surface area contributed by atoms with Crippen molar-refractivity contribution in [2.24, 2.45) is 0 Å². The zero-order chi connectivity index (χ0) is 14.4. The summed E-state index contributed by atoms with van der Waals surface area (Å²) < 4.78 is 5.40. The van der Waals surface area contributed by atoms with Crippen LogP contribution in [0, 0.1) is 6.92 Å². The quantitative estimate of drug-likeness (QED) is 0.872. The number of ether oxygens (including phenoxy) is 1. The number of aliphatic hydroxyl groups is 1. The highest BCUT2D eigenvalue weighted by Gasteiger charge is 2.07. The minimum absolute atomic E-state index is 0.0940. The van der Waals surface area contributed by atoms with Gasteiger partial charge in [0.1, 0.15) is 5.75 Å². The van der Waals surface area contributed by atoms with Crippen LogP contribution >= 0.6 is 0 Å². The molecule has 1 aromatic carbocycles. The predicted molar refractivity (Wildman–Crippen MR) is 75.5 cm³/mol. The molecular formula is C15H16N2O3. The van der Waals surface area contributed by atoms with Crippen LogP contribution in [0.1, 0.15) is 11.1 Å². The SMILES string of the molecule is Cc1cccc(OCC(=O)Nc2cnccc2CO)c1. The second kappa shape index (κ2) is 6.68. The fraction of sp³-hybridized carbons (Fsp3) is 0.200. The fourth-order valence-electron chi connectivity index (χ4n) is 1.71. The first-order valence-electron chi connectivity index (χ1n) is 6.22. The number of aromatic nitrogens is 1. The molecule has 1 amide bonds. The molecule has 0 spiro atoms. The number of aliphatic hydroxyl groups excluding tert-OH is 1. The molecule has 0 saturated carbocycles. The van der Waals surface area contributed by atoms with E-state index in [0.29, 0.717) is 17.0 Å². The van der Waals surface area contributed by atoms with Crippen molar-refractivity contribution in [3.63, 3.8) is 0 Å². The number of amides is 1. The maximum Gasteiger partial charge on any atom is 0.262 e. The zero-order valence-corrected chi connectivity index (χ0v) is 11.2. The summed E-state index contributed by atoms with van der Waals surface area (Å²) in [7, 11) is 0. The molecule has 0 atom stereocenters. The van der Waals surface area contributed by atoms with E-state index >= 15 is 0 Å². The van der Waals surface area contributed by atoms with Crippen molar-refractivity contribution >= 4 is 11.6 Å². The second-order valence-corrected chi connectivity index (χ2v) is 4.34. The molecule has 0 bridgehead atoms. The zero-order valence-electron chi connectivity index (χ0n) is 11.2. The highest BCUT2D eigenvalue weighted by atomic mass is 16.5. The van der Waals surface area contributed by atoms with Crippen molar-refractivity contribution < 1.29 is 14.6 Å². The summed E-state index contributed by atoms with van der Waals surface area (Å²) in [5.41, 5.74) is 2.18. The minimum atomic E-state index is -0.297. The molecule has 104 valence electrons. The average Bonchev–Trinajstić information content (AvgIpc) is 2.46. The molecule has 0 aliphatic carbocycles. The maximum absolute atomic E-state index is 11.8. The van der Waals surface area contributed by atoms with Crippen LogP contribution in [0.2, 0.25) is 0 Å². The van der Waals surface area contributed by atoms with Gasteiger partial charge in [-0.25, -0.2) is 0 Å². The normalized spacial score (nSPS) is 10.1. The fourth-order valence-corrected chi connectivity index (χ4v) is 1.71. The Morgan fingerprint density at radius 1 is 1.40 bits per heavy atom. The number of benzene rings is 1. The van der Waals surface area contributed by atoms with E-state index in [-0.39, 0.29) is 19.1 Å². The molecule has 2 N–H and O–H groups in total. The summed E-state index contributed by atoms with van der Waals surface area (Å²) >= 11 is 0. The molecule has 1 aromatic heterocycles. The summed E-state index contributed by atoms with van der Waals surface area (Å²) in [6.45, 7) is 1.70. The monoisotopic (exact) mass is 272 g/mol. The first-order chi connectivity index (χ1) is 9.69. The third-order valence-corrected chi connectivity index (χ3v) is 2.72. The van der Waals surface area contributed by atoms with Crippen molar-refractivity contribution in [1.82, 2.24) is 4.98 Å². The van der Waals surface area contributed by atoms with E-state index in [9.17, 15) is 4.79 Å². The highest BCUT2D eigenvalue weighted by Crippen LogP contribution is 2.14. The van der Waals surface area contributed by atoms with E-state index in [1.54, 1.807) is 18.3 Å². The molecule has 1 heterocycles. The summed E-state index contributed by atoms with van der Waals surface area (Å²) in [6.07, 6.45) is 3.06. The number of hydrogen-bond acceptors (Lipinski definition) is 4. The first-order valence-corrected chi connectivity index (χ1v) is 6.22. The van der Waals surface area contributed by atoms with Crippen molar-refractivity contribution in [2.75, 3.05) is 11.9 Å². The number of carbonyl (C=O) groups is 1. The van der Waals surface area contributed by atoms with Crippen molar-refractivity contribution in [1.29, 1.82) is 0 Å². The Kier molecular flexibility index (Phi) is 4.68. The van der Waals surface area contributed by atoms with Crippen LogP contribution < -0.4 is 10.1 Å². The standard InChI is InChI=1S/C15H16N2O3/c1-11-3-2-4-13(7-11)20-10-15(19)17-14-8-16-6-5-12(14)9-18/h2-8,18H,9-10H2,1H3,(H,17,19). The third kappa shape index (κ3) is 3.80. The lowest BCUT2D eigenvalue weighted by Crippen LogP contribution is -2.21. The lowest BCUT2D eigenvalue weighted by atomic mass is 10.2. The van der Waals surface area contributed by atoms with Gasteiger partial charge in [-0.05, 0) is 30.7 Å². The Bertz CT molecular complexity index is 599. The first kappa shape index (κ1) is 14.0. The summed E-state index contributed by atoms with van der Waals surface area (Å²) in [6, 6.07) is 9.13. The summed E-state index contributed by atoms with van der Waals surface area (Å²) in [5, 5.41) is 11.8. The van der Waals surface area contributed by atoms with Crippen LogP contribution in [0.4, 0.5) is 5.69 Å². The van der Waals surface area contributed by atoms with Crippen LogP contribution in [-0.4, -0.2) is 22.6 Å². The molecule has 0 saturated heterocycles. The molecule has 0 aliphatic rings. The van der Waals surface area contributed by atoms with Gasteiger partial charge in [-0.3, -0.25) is 9.78 Å². The number of rotatable bonds is 5. The Morgan fingerprint density at radius 2 is 2.25 bits per heavy atom. The largest absolute Gasteiger partial charge is 0.484 e. The van der Waals surface area contributed by atoms with E-state index in [4.69, 9.17) is 9.84 Å². The van der Waals surface area contributed by atoms with Gasteiger partial charge in [0.05, 0.1) is 18.5 Å². The number of aryl methyl sites for hydroxylation is 1. The lowest BCUT2D eigenvalue weighted by molar-refractivity contribution is -0.118. The summed E-state index contributed by atoms with van der Waals surface area (Å²) in [4.78, 5) is 15.7. The molecule has 0 fully saturated rings. The average molecular weight is 272 g/mol. The predicted octanol–water partition coefficient (Wildman–Crippen LogP) is 1.90. The Hall–Kier alpha value is -2.40. The van der Waals surface area contributed by atoms with Crippen LogP contribution in [0.15, 0.2) is 42.7 Å².